The first-order valence-corrected chi connectivity index (χ1v) is 19.3. The maximum absolute atomic E-state index is 16.0. The van der Waals surface area contributed by atoms with Gasteiger partial charge in [-0.3, -0.25) is 0 Å². The van der Waals surface area contributed by atoms with E-state index in [9.17, 15) is 0 Å². The normalized spacial score (nSPS) is 30.7. The van der Waals surface area contributed by atoms with Gasteiger partial charge in [0.25, 0.3) is 0 Å². The third-order valence-corrected chi connectivity index (χ3v) is 18.2. The van der Waals surface area contributed by atoms with E-state index in [1.165, 1.54) is 11.1 Å². The highest BCUT2D eigenvalue weighted by Gasteiger charge is 2.66. The Balaban J connectivity index is 1.41. The van der Waals surface area contributed by atoms with E-state index >= 15 is 9.13 Å². The molecule has 0 unspecified atom stereocenters. The van der Waals surface area contributed by atoms with Crippen LogP contribution in [0.15, 0.2) is 143 Å². The Kier molecular flexibility index (Phi) is 5.95. The summed E-state index contributed by atoms with van der Waals surface area (Å²) in [5, 5.41) is 3.73. The van der Waals surface area contributed by atoms with E-state index in [2.05, 4.69) is 100 Å². The second-order valence-electron chi connectivity index (χ2n) is 13.3. The number of hydrogen-bond acceptors (Lipinski definition) is 2. The van der Waals surface area contributed by atoms with Crippen LogP contribution < -0.4 is 0 Å². The average molecular weight is 611 g/mol. The predicted molar refractivity (Wildman–Crippen MR) is 186 cm³/mol. The smallest absolute Gasteiger partial charge is 0.146 e. The van der Waals surface area contributed by atoms with E-state index in [4.69, 9.17) is 0 Å². The van der Waals surface area contributed by atoms with E-state index in [0.29, 0.717) is 12.3 Å². The van der Waals surface area contributed by atoms with Crippen molar-refractivity contribution in [3.63, 3.8) is 0 Å². The molecule has 4 aromatic rings. The molecule has 0 aliphatic carbocycles. The Morgan fingerprint density at radius 1 is 0.432 bits per heavy atom. The van der Waals surface area contributed by atoms with Gasteiger partial charge in [-0.2, -0.15) is 0 Å². The molecule has 4 aliphatic heterocycles. The summed E-state index contributed by atoms with van der Waals surface area (Å²) in [6.07, 6.45) is 1.11. The molecule has 4 heterocycles. The summed E-state index contributed by atoms with van der Waals surface area (Å²) in [5.74, 6) is 0. The van der Waals surface area contributed by atoms with Crippen molar-refractivity contribution in [2.45, 2.75) is 27.7 Å². The fourth-order valence-electron chi connectivity index (χ4n) is 8.86. The summed E-state index contributed by atoms with van der Waals surface area (Å²) in [4.78, 5) is 0. The standard InChI is InChI=1S/C40H36O2P2/c1-27-35(43(41)25-39(27,3)33(29-17-9-5-10-18-29)37(43)31-21-13-7-14-22-31)36-28(2)40(4)26-44(36,42)38(32-23-15-8-16-24-32)34(40)30-19-11-6-12-20-30/h5-24H,25-26H2,1-4H3/t39-,40+,43-,44+. The first-order valence-electron chi connectivity index (χ1n) is 15.5. The van der Waals surface area contributed by atoms with Gasteiger partial charge < -0.3 is 9.13 Å². The van der Waals surface area contributed by atoms with Gasteiger partial charge in [0.15, 0.2) is 0 Å². The number of benzene rings is 4. The maximum atomic E-state index is 16.0. The average Bonchev–Trinajstić information content (AvgIpc) is 3.60. The molecule has 0 amide bonds. The van der Waals surface area contributed by atoms with E-state index in [1.807, 2.05) is 48.5 Å². The minimum absolute atomic E-state index is 0.410. The van der Waals surface area contributed by atoms with Crippen molar-refractivity contribution in [2.75, 3.05) is 12.3 Å². The van der Waals surface area contributed by atoms with Crippen LogP contribution in [0.2, 0.25) is 0 Å². The Morgan fingerprint density at radius 3 is 1.00 bits per heavy atom. The Morgan fingerprint density at radius 2 is 0.705 bits per heavy atom. The highest BCUT2D eigenvalue weighted by molar-refractivity contribution is 7.85. The number of hydrogen-bond donors (Lipinski definition) is 0. The number of rotatable bonds is 5. The van der Waals surface area contributed by atoms with Crippen molar-refractivity contribution in [2.24, 2.45) is 10.8 Å². The van der Waals surface area contributed by atoms with Crippen LogP contribution in [0.1, 0.15) is 49.9 Å². The molecule has 0 radical (unpaired) electrons. The van der Waals surface area contributed by atoms with E-state index in [-0.39, 0.29) is 0 Å². The summed E-state index contributed by atoms with van der Waals surface area (Å²) in [6, 6.07) is 41.5. The van der Waals surface area contributed by atoms with Gasteiger partial charge in [0.2, 0.25) is 0 Å². The van der Waals surface area contributed by atoms with Gasteiger partial charge >= 0.3 is 0 Å². The topological polar surface area (TPSA) is 34.1 Å². The lowest BCUT2D eigenvalue weighted by Gasteiger charge is -2.35. The van der Waals surface area contributed by atoms with Crippen LogP contribution in [0.25, 0.3) is 21.8 Å². The summed E-state index contributed by atoms with van der Waals surface area (Å²) in [6.45, 7) is 8.88. The summed E-state index contributed by atoms with van der Waals surface area (Å²) in [5.41, 5.74) is 8.06. The Bertz CT molecular complexity index is 1930. The van der Waals surface area contributed by atoms with Gasteiger partial charge in [0, 0.05) is 44.4 Å². The second-order valence-corrected chi connectivity index (χ2v) is 18.7. The molecule has 4 atom stereocenters. The van der Waals surface area contributed by atoms with E-state index in [0.717, 1.165) is 54.7 Å². The predicted octanol–water partition coefficient (Wildman–Crippen LogP) is 11.5. The highest BCUT2D eigenvalue weighted by atomic mass is 31.2. The molecule has 218 valence electrons. The minimum Gasteiger partial charge on any atom is -0.314 e. The van der Waals surface area contributed by atoms with Crippen LogP contribution in [0, 0.1) is 10.8 Å². The first-order chi connectivity index (χ1) is 21.1. The zero-order valence-electron chi connectivity index (χ0n) is 25.7. The van der Waals surface area contributed by atoms with Gasteiger partial charge in [-0.25, -0.2) is 0 Å². The van der Waals surface area contributed by atoms with Crippen molar-refractivity contribution in [1.29, 1.82) is 0 Å². The second kappa shape index (κ2) is 9.40. The van der Waals surface area contributed by atoms with Crippen LogP contribution >= 0.6 is 14.3 Å². The van der Waals surface area contributed by atoms with Crippen molar-refractivity contribution in [3.8, 4) is 0 Å². The summed E-state index contributed by atoms with van der Waals surface area (Å²) in [7, 11) is -6.31. The molecule has 4 aromatic carbocycles. The molecule has 0 spiro atoms. The molecule has 0 saturated heterocycles. The molecule has 4 aliphatic rings. The van der Waals surface area contributed by atoms with E-state index < -0.39 is 25.1 Å². The van der Waals surface area contributed by atoms with Crippen LogP contribution in [0.4, 0.5) is 0 Å². The SMILES string of the molecule is CC1=C(C2=C(C)[C@]3(C)C[P@@]2(=O)C(c2ccccc2)=C3c2ccccc2)[P@]2(=O)C[C@@]1(C)C(c1ccccc1)=C2c1ccccc1. The number of fused-ring (bicyclic) bond motifs is 4. The lowest BCUT2D eigenvalue weighted by atomic mass is 9.72. The summed E-state index contributed by atoms with van der Waals surface area (Å²) < 4.78 is 32.1. The molecule has 2 nitrogen and oxygen atoms in total. The fourth-order valence-corrected chi connectivity index (χ4v) is 18.7. The van der Waals surface area contributed by atoms with Gasteiger partial charge in [0.1, 0.15) is 14.3 Å². The van der Waals surface area contributed by atoms with Gasteiger partial charge in [-0.15, -0.1) is 0 Å². The van der Waals surface area contributed by atoms with Gasteiger partial charge in [-0.1, -0.05) is 146 Å². The largest absolute Gasteiger partial charge is 0.314 e. The lowest BCUT2D eigenvalue weighted by Crippen LogP contribution is -2.20. The molecule has 0 aromatic heterocycles. The van der Waals surface area contributed by atoms with Crippen LogP contribution in [-0.4, -0.2) is 12.3 Å². The molecule has 0 fully saturated rings. The van der Waals surface area contributed by atoms with E-state index in [1.54, 1.807) is 0 Å². The monoisotopic (exact) mass is 610 g/mol. The van der Waals surface area contributed by atoms with Crippen molar-refractivity contribution in [1.82, 2.24) is 0 Å². The number of allylic oxidation sites excluding steroid dienone is 6. The Labute approximate surface area is 260 Å². The zero-order chi connectivity index (χ0) is 30.5. The third kappa shape index (κ3) is 3.45. The van der Waals surface area contributed by atoms with Crippen LogP contribution in [0.3, 0.4) is 0 Å². The molecular formula is C40H36O2P2. The Hall–Kier alpha value is -3.70. The third-order valence-electron chi connectivity index (χ3n) is 10.9. The molecular weight excluding hydrogens is 574 g/mol. The molecule has 0 saturated carbocycles. The fraction of sp³-hybridized carbons (Fsp3) is 0.200. The highest BCUT2D eigenvalue weighted by Crippen LogP contribution is 2.92. The molecule has 4 bridgehead atoms. The molecule has 8 rings (SSSR count). The van der Waals surface area contributed by atoms with Crippen molar-refractivity contribution < 1.29 is 9.13 Å². The quantitative estimate of drug-likeness (QED) is 0.211. The van der Waals surface area contributed by atoms with Gasteiger partial charge in [-0.05, 0) is 47.2 Å². The molecule has 44 heavy (non-hydrogen) atoms. The van der Waals surface area contributed by atoms with Gasteiger partial charge in [0.05, 0.1) is 0 Å². The molecule has 0 N–H and O–H groups in total. The summed E-state index contributed by atoms with van der Waals surface area (Å²) >= 11 is 0. The first kappa shape index (κ1) is 27.8. The minimum atomic E-state index is -3.15. The molecule has 4 heteroatoms. The van der Waals surface area contributed by atoms with Crippen LogP contribution in [-0.2, 0) is 9.13 Å². The lowest BCUT2D eigenvalue weighted by molar-refractivity contribution is 0.575. The van der Waals surface area contributed by atoms with Crippen molar-refractivity contribution >= 4 is 36.1 Å². The van der Waals surface area contributed by atoms with Crippen LogP contribution in [0.5, 0.6) is 0 Å². The maximum Gasteiger partial charge on any atom is 0.146 e. The zero-order valence-corrected chi connectivity index (χ0v) is 27.5. The van der Waals surface area contributed by atoms with Crippen molar-refractivity contribution in [3.05, 3.63) is 165 Å².